The first-order chi connectivity index (χ1) is 16.9. The van der Waals surface area contributed by atoms with Gasteiger partial charge in [-0.05, 0) is 35.9 Å². The third-order valence-corrected chi connectivity index (χ3v) is 6.44. The van der Waals surface area contributed by atoms with Crippen LogP contribution < -0.4 is 19.1 Å². The van der Waals surface area contributed by atoms with E-state index >= 15 is 0 Å². The molecular weight excluding hydrogens is 452 g/mol. The molecule has 10 heteroatoms. The van der Waals surface area contributed by atoms with Crippen LogP contribution in [0.5, 0.6) is 17.2 Å². The van der Waals surface area contributed by atoms with Crippen LogP contribution in [-0.2, 0) is 16.1 Å². The first-order valence-electron chi connectivity index (χ1n) is 11.6. The zero-order valence-corrected chi connectivity index (χ0v) is 19.9. The van der Waals surface area contributed by atoms with Crippen LogP contribution >= 0.6 is 0 Å². The number of carbonyl (C=O) groups is 3. The Bertz CT molecular complexity index is 1160. The number of hydrogen-bond donors (Lipinski definition) is 0. The van der Waals surface area contributed by atoms with Crippen LogP contribution in [-0.4, -0.2) is 92.6 Å². The highest BCUT2D eigenvalue weighted by Crippen LogP contribution is 2.34. The number of benzene rings is 2. The van der Waals surface area contributed by atoms with Crippen LogP contribution in [0.4, 0.5) is 5.69 Å². The zero-order chi connectivity index (χ0) is 24.5. The van der Waals surface area contributed by atoms with Gasteiger partial charge in [0.25, 0.3) is 11.8 Å². The van der Waals surface area contributed by atoms with Crippen LogP contribution in [0.15, 0.2) is 36.4 Å². The molecule has 0 atom stereocenters. The fourth-order valence-electron chi connectivity index (χ4n) is 4.37. The number of anilines is 1. The van der Waals surface area contributed by atoms with E-state index in [0.717, 1.165) is 36.7 Å². The molecule has 0 aromatic heterocycles. The molecule has 1 fully saturated rings. The second-order valence-electron chi connectivity index (χ2n) is 9.00. The number of hydrogen-bond acceptors (Lipinski definition) is 7. The number of carbonyl (C=O) groups excluding carboxylic acids is 3. The predicted molar refractivity (Wildman–Crippen MR) is 127 cm³/mol. The van der Waals surface area contributed by atoms with Gasteiger partial charge in [0.2, 0.25) is 12.7 Å². The molecule has 3 aliphatic rings. The minimum absolute atomic E-state index is 0.0988. The van der Waals surface area contributed by atoms with E-state index in [4.69, 9.17) is 14.2 Å². The van der Waals surface area contributed by atoms with Crippen molar-refractivity contribution >= 4 is 23.4 Å². The normalized spacial score (nSPS) is 17.1. The number of rotatable bonds is 5. The van der Waals surface area contributed by atoms with E-state index in [1.165, 1.54) is 9.80 Å². The summed E-state index contributed by atoms with van der Waals surface area (Å²) in [7, 11) is 3.28. The number of piperazine rings is 1. The number of nitrogens with zero attached hydrogens (tertiary/aromatic N) is 4. The average Bonchev–Trinajstić information content (AvgIpc) is 3.33. The summed E-state index contributed by atoms with van der Waals surface area (Å²) in [5.74, 6) is 1.41. The number of amides is 3. The van der Waals surface area contributed by atoms with Crippen LogP contribution in [0.2, 0.25) is 0 Å². The Morgan fingerprint density at radius 1 is 0.914 bits per heavy atom. The van der Waals surface area contributed by atoms with Gasteiger partial charge >= 0.3 is 0 Å². The lowest BCUT2D eigenvalue weighted by Gasteiger charge is -2.35. The molecule has 3 aliphatic heterocycles. The Balaban J connectivity index is 1.24. The fraction of sp³-hybridized carbons (Fsp3) is 0.400. The van der Waals surface area contributed by atoms with E-state index in [9.17, 15) is 14.4 Å². The smallest absolute Gasteiger partial charge is 0.265 e. The first kappa shape index (κ1) is 23.0. The molecule has 0 bridgehead atoms. The third kappa shape index (κ3) is 4.74. The summed E-state index contributed by atoms with van der Waals surface area (Å²) in [5.41, 5.74) is 2.05. The molecule has 0 radical (unpaired) electrons. The summed E-state index contributed by atoms with van der Waals surface area (Å²) >= 11 is 0. The highest BCUT2D eigenvalue weighted by atomic mass is 16.7. The molecule has 0 unspecified atom stereocenters. The molecule has 5 rings (SSSR count). The summed E-state index contributed by atoms with van der Waals surface area (Å²) in [6.45, 7) is 3.48. The van der Waals surface area contributed by atoms with Crippen molar-refractivity contribution in [1.29, 1.82) is 0 Å². The number of likely N-dealkylation sites (N-methyl/N-ethyl adjacent to an activating group) is 1. The lowest BCUT2D eigenvalue weighted by atomic mass is 10.1. The van der Waals surface area contributed by atoms with E-state index in [2.05, 4.69) is 4.90 Å². The molecule has 1 saturated heterocycles. The van der Waals surface area contributed by atoms with Gasteiger partial charge in [0, 0.05) is 52.4 Å². The zero-order valence-electron chi connectivity index (χ0n) is 19.9. The molecule has 10 nitrogen and oxygen atoms in total. The van der Waals surface area contributed by atoms with E-state index in [1.54, 1.807) is 32.3 Å². The highest BCUT2D eigenvalue weighted by Gasteiger charge is 2.30. The van der Waals surface area contributed by atoms with Gasteiger partial charge in [-0.1, -0.05) is 6.07 Å². The second-order valence-corrected chi connectivity index (χ2v) is 9.00. The minimum Gasteiger partial charge on any atom is -0.482 e. The Hall–Kier alpha value is -3.79. The lowest BCUT2D eigenvalue weighted by Crippen LogP contribution is -2.48. The van der Waals surface area contributed by atoms with Crippen molar-refractivity contribution in [2.45, 2.75) is 6.54 Å². The van der Waals surface area contributed by atoms with Crippen molar-refractivity contribution in [2.24, 2.45) is 0 Å². The van der Waals surface area contributed by atoms with Gasteiger partial charge in [-0.15, -0.1) is 0 Å². The molecule has 0 saturated carbocycles. The topological polar surface area (TPSA) is 91.9 Å². The van der Waals surface area contributed by atoms with E-state index < -0.39 is 0 Å². The standard InChI is InChI=1S/C25H28N4O6/c1-26(2)23(30)14-29-19-12-18(4-6-20(19)33-15-24(29)31)25(32)28-9-7-27(8-10-28)13-17-3-5-21-22(11-17)35-16-34-21/h3-6,11-12H,7-10,13-16H2,1-2H3. The lowest BCUT2D eigenvalue weighted by molar-refractivity contribution is -0.130. The van der Waals surface area contributed by atoms with Gasteiger partial charge in [-0.2, -0.15) is 0 Å². The molecule has 0 spiro atoms. The summed E-state index contributed by atoms with van der Waals surface area (Å²) in [5, 5.41) is 0. The van der Waals surface area contributed by atoms with Crippen LogP contribution in [0, 0.1) is 0 Å². The minimum atomic E-state index is -0.311. The molecule has 3 heterocycles. The highest BCUT2D eigenvalue weighted by molar-refractivity contribution is 6.04. The van der Waals surface area contributed by atoms with Gasteiger partial charge in [-0.3, -0.25) is 24.2 Å². The average molecular weight is 481 g/mol. The molecule has 0 N–H and O–H groups in total. The number of ether oxygens (including phenoxy) is 3. The Kier molecular flexibility index (Phi) is 6.21. The van der Waals surface area contributed by atoms with Crippen LogP contribution in [0.3, 0.4) is 0 Å². The number of fused-ring (bicyclic) bond motifs is 2. The van der Waals surface area contributed by atoms with Crippen LogP contribution in [0.1, 0.15) is 15.9 Å². The van der Waals surface area contributed by atoms with Crippen molar-refractivity contribution < 1.29 is 28.6 Å². The SMILES string of the molecule is CN(C)C(=O)CN1C(=O)COc2ccc(C(=O)N3CCN(Cc4ccc5c(c4)OCO5)CC3)cc21. The van der Waals surface area contributed by atoms with Crippen molar-refractivity contribution in [3.05, 3.63) is 47.5 Å². The molecule has 2 aromatic carbocycles. The third-order valence-electron chi connectivity index (χ3n) is 6.44. The molecular formula is C25H28N4O6. The summed E-state index contributed by atoms with van der Waals surface area (Å²) in [6.07, 6.45) is 0. The maximum atomic E-state index is 13.3. The van der Waals surface area contributed by atoms with Gasteiger partial charge in [-0.25, -0.2) is 0 Å². The Morgan fingerprint density at radius 2 is 1.66 bits per heavy atom. The van der Waals surface area contributed by atoms with E-state index in [-0.39, 0.29) is 37.7 Å². The van der Waals surface area contributed by atoms with E-state index in [1.807, 2.05) is 23.1 Å². The predicted octanol–water partition coefficient (Wildman–Crippen LogP) is 1.19. The van der Waals surface area contributed by atoms with E-state index in [0.29, 0.717) is 30.1 Å². The maximum absolute atomic E-state index is 13.3. The Morgan fingerprint density at radius 3 is 2.43 bits per heavy atom. The monoisotopic (exact) mass is 480 g/mol. The largest absolute Gasteiger partial charge is 0.482 e. The van der Waals surface area contributed by atoms with Gasteiger partial charge in [0.1, 0.15) is 12.3 Å². The quantitative estimate of drug-likeness (QED) is 0.635. The first-order valence-corrected chi connectivity index (χ1v) is 11.6. The Labute approximate surface area is 203 Å². The summed E-state index contributed by atoms with van der Waals surface area (Å²) < 4.78 is 16.4. The van der Waals surface area contributed by atoms with Crippen LogP contribution in [0.25, 0.3) is 0 Å². The van der Waals surface area contributed by atoms with Crippen molar-refractivity contribution in [3.8, 4) is 17.2 Å². The molecule has 3 amide bonds. The summed E-state index contributed by atoms with van der Waals surface area (Å²) in [6, 6.07) is 11.0. The second kappa shape index (κ2) is 9.46. The van der Waals surface area contributed by atoms with Gasteiger partial charge in [0.15, 0.2) is 18.1 Å². The molecule has 35 heavy (non-hydrogen) atoms. The maximum Gasteiger partial charge on any atom is 0.265 e. The summed E-state index contributed by atoms with van der Waals surface area (Å²) in [4.78, 5) is 44.9. The van der Waals surface area contributed by atoms with Gasteiger partial charge < -0.3 is 24.0 Å². The molecule has 2 aromatic rings. The van der Waals surface area contributed by atoms with Crippen molar-refractivity contribution in [2.75, 3.05) is 65.1 Å². The van der Waals surface area contributed by atoms with Crippen molar-refractivity contribution in [1.82, 2.24) is 14.7 Å². The molecule has 0 aliphatic carbocycles. The van der Waals surface area contributed by atoms with Crippen molar-refractivity contribution in [3.63, 3.8) is 0 Å². The molecule has 184 valence electrons. The van der Waals surface area contributed by atoms with Gasteiger partial charge in [0.05, 0.1) is 5.69 Å². The fourth-order valence-corrected chi connectivity index (χ4v) is 4.37.